The minimum Gasteiger partial charge on any atom is -0.349 e. The molecule has 138 valence electrons. The smallest absolute Gasteiger partial charge is 0.253 e. The predicted octanol–water partition coefficient (Wildman–Crippen LogP) is 3.73. The van der Waals surface area contributed by atoms with Crippen LogP contribution in [0.25, 0.3) is 0 Å². The molecule has 1 saturated carbocycles. The van der Waals surface area contributed by atoms with Crippen molar-refractivity contribution in [1.29, 1.82) is 0 Å². The van der Waals surface area contributed by atoms with Crippen LogP contribution in [0.4, 0.5) is 5.69 Å². The number of carbonyl (C=O) groups excluding carboxylic acids is 2. The van der Waals surface area contributed by atoms with Gasteiger partial charge in [-0.25, -0.2) is 0 Å². The van der Waals surface area contributed by atoms with Gasteiger partial charge in [0, 0.05) is 17.8 Å². The zero-order valence-corrected chi connectivity index (χ0v) is 15.8. The molecule has 1 unspecified atom stereocenters. The van der Waals surface area contributed by atoms with E-state index in [4.69, 9.17) is 11.6 Å². The summed E-state index contributed by atoms with van der Waals surface area (Å²) in [5.41, 5.74) is 0.981. The lowest BCUT2D eigenvalue weighted by Gasteiger charge is -2.23. The summed E-state index contributed by atoms with van der Waals surface area (Å²) in [7, 11) is 0. The minimum absolute atomic E-state index is 0.138. The number of carbonyl (C=O) groups is 2. The second-order valence-corrected chi connectivity index (χ2v) is 7.15. The topological polar surface area (TPSA) is 70.2 Å². The van der Waals surface area contributed by atoms with Crippen molar-refractivity contribution in [2.24, 2.45) is 0 Å². The van der Waals surface area contributed by atoms with Gasteiger partial charge in [-0.3, -0.25) is 9.59 Å². The molecule has 6 heteroatoms. The molecule has 0 aromatic heterocycles. The van der Waals surface area contributed by atoms with E-state index >= 15 is 0 Å². The normalized spacial score (nSPS) is 16.3. The minimum atomic E-state index is -0.175. The van der Waals surface area contributed by atoms with Gasteiger partial charge in [0.05, 0.1) is 17.1 Å². The molecule has 0 aliphatic heterocycles. The summed E-state index contributed by atoms with van der Waals surface area (Å²) in [6, 6.07) is 5.50. The van der Waals surface area contributed by atoms with Crippen molar-refractivity contribution >= 4 is 29.1 Å². The number of amides is 2. The standard InChI is InChI=1S/C19H28ClN3O2/c1-3-13(2)21-12-18(24)22-15-9-10-17(20)16(11-15)19(25)23-14-7-5-4-6-8-14/h9-11,13-14,21H,3-8,12H2,1-2H3,(H,22,24)(H,23,25). The van der Waals surface area contributed by atoms with Crippen molar-refractivity contribution in [2.75, 3.05) is 11.9 Å². The number of halogens is 1. The molecule has 0 spiro atoms. The van der Waals surface area contributed by atoms with E-state index in [1.807, 2.05) is 6.92 Å². The van der Waals surface area contributed by atoms with Gasteiger partial charge in [0.2, 0.25) is 5.91 Å². The largest absolute Gasteiger partial charge is 0.349 e. The molecule has 0 saturated heterocycles. The Morgan fingerprint density at radius 1 is 1.24 bits per heavy atom. The predicted molar refractivity (Wildman–Crippen MR) is 102 cm³/mol. The average Bonchev–Trinajstić information content (AvgIpc) is 2.62. The molecule has 1 aromatic rings. The van der Waals surface area contributed by atoms with E-state index in [1.165, 1.54) is 6.42 Å². The Balaban J connectivity index is 1.96. The van der Waals surface area contributed by atoms with Gasteiger partial charge in [0.1, 0.15) is 0 Å². The maximum atomic E-state index is 12.5. The molecule has 0 bridgehead atoms. The maximum absolute atomic E-state index is 12.5. The Kier molecular flexibility index (Phi) is 7.72. The van der Waals surface area contributed by atoms with E-state index in [-0.39, 0.29) is 30.4 Å². The Labute approximate surface area is 154 Å². The SMILES string of the molecule is CCC(C)NCC(=O)Nc1ccc(Cl)c(C(=O)NC2CCCCC2)c1. The quantitative estimate of drug-likeness (QED) is 0.689. The number of nitrogens with one attached hydrogen (secondary N) is 3. The summed E-state index contributed by atoms with van der Waals surface area (Å²) in [5, 5.41) is 9.39. The van der Waals surface area contributed by atoms with Gasteiger partial charge in [-0.15, -0.1) is 0 Å². The molecule has 0 heterocycles. The molecule has 1 aliphatic carbocycles. The van der Waals surface area contributed by atoms with Crippen LogP contribution in [0.15, 0.2) is 18.2 Å². The highest BCUT2D eigenvalue weighted by Gasteiger charge is 2.19. The lowest BCUT2D eigenvalue weighted by Crippen LogP contribution is -2.36. The van der Waals surface area contributed by atoms with E-state index in [0.717, 1.165) is 32.1 Å². The fraction of sp³-hybridized carbons (Fsp3) is 0.579. The fourth-order valence-electron chi connectivity index (χ4n) is 2.90. The first-order valence-electron chi connectivity index (χ1n) is 9.13. The van der Waals surface area contributed by atoms with E-state index in [2.05, 4.69) is 22.9 Å². The van der Waals surface area contributed by atoms with E-state index < -0.39 is 0 Å². The number of benzene rings is 1. The van der Waals surface area contributed by atoms with Crippen LogP contribution in [0.1, 0.15) is 62.7 Å². The first-order chi connectivity index (χ1) is 12.0. The third-order valence-corrected chi connectivity index (χ3v) is 4.99. The van der Waals surface area contributed by atoms with Gasteiger partial charge in [0.25, 0.3) is 5.91 Å². The fourth-order valence-corrected chi connectivity index (χ4v) is 3.11. The van der Waals surface area contributed by atoms with Crippen molar-refractivity contribution in [3.63, 3.8) is 0 Å². The van der Waals surface area contributed by atoms with Gasteiger partial charge in [-0.1, -0.05) is 37.8 Å². The molecule has 3 N–H and O–H groups in total. The van der Waals surface area contributed by atoms with Gasteiger partial charge >= 0.3 is 0 Å². The third-order valence-electron chi connectivity index (χ3n) is 4.66. The average molecular weight is 366 g/mol. The number of rotatable bonds is 7. The van der Waals surface area contributed by atoms with Crippen LogP contribution in [0.5, 0.6) is 0 Å². The van der Waals surface area contributed by atoms with Crippen LogP contribution in [-0.4, -0.2) is 30.4 Å². The van der Waals surface area contributed by atoms with E-state index in [1.54, 1.807) is 18.2 Å². The van der Waals surface area contributed by atoms with Crippen LogP contribution in [0.3, 0.4) is 0 Å². The molecule has 2 rings (SSSR count). The molecular formula is C19H28ClN3O2. The van der Waals surface area contributed by atoms with Crippen molar-refractivity contribution in [1.82, 2.24) is 10.6 Å². The molecule has 1 atom stereocenters. The summed E-state index contributed by atoms with van der Waals surface area (Å²) in [6.45, 7) is 4.33. The lowest BCUT2D eigenvalue weighted by molar-refractivity contribution is -0.115. The van der Waals surface area contributed by atoms with Crippen molar-refractivity contribution < 1.29 is 9.59 Å². The lowest BCUT2D eigenvalue weighted by atomic mass is 9.95. The second-order valence-electron chi connectivity index (χ2n) is 6.74. The second kappa shape index (κ2) is 9.78. The van der Waals surface area contributed by atoms with E-state index in [0.29, 0.717) is 16.3 Å². The Hall–Kier alpha value is -1.59. The van der Waals surface area contributed by atoms with Crippen LogP contribution in [0, 0.1) is 0 Å². The molecule has 1 fully saturated rings. The highest BCUT2D eigenvalue weighted by molar-refractivity contribution is 6.34. The molecule has 1 aliphatic rings. The molecule has 25 heavy (non-hydrogen) atoms. The molecule has 0 radical (unpaired) electrons. The van der Waals surface area contributed by atoms with Gasteiger partial charge in [-0.05, 0) is 44.4 Å². The van der Waals surface area contributed by atoms with E-state index in [9.17, 15) is 9.59 Å². The zero-order chi connectivity index (χ0) is 18.2. The Morgan fingerprint density at radius 2 is 1.96 bits per heavy atom. The van der Waals surface area contributed by atoms with Crippen molar-refractivity contribution in [3.8, 4) is 0 Å². The maximum Gasteiger partial charge on any atom is 0.253 e. The van der Waals surface area contributed by atoms with Crippen LogP contribution in [0.2, 0.25) is 5.02 Å². The summed E-state index contributed by atoms with van der Waals surface area (Å²) in [5.74, 6) is -0.313. The summed E-state index contributed by atoms with van der Waals surface area (Å²) >= 11 is 6.18. The number of anilines is 1. The van der Waals surface area contributed by atoms with Gasteiger partial charge in [-0.2, -0.15) is 0 Å². The van der Waals surface area contributed by atoms with Crippen LogP contribution in [-0.2, 0) is 4.79 Å². The van der Waals surface area contributed by atoms with Crippen LogP contribution < -0.4 is 16.0 Å². The summed E-state index contributed by atoms with van der Waals surface area (Å²) in [6.07, 6.45) is 6.52. The zero-order valence-electron chi connectivity index (χ0n) is 15.0. The molecular weight excluding hydrogens is 338 g/mol. The van der Waals surface area contributed by atoms with Crippen molar-refractivity contribution in [3.05, 3.63) is 28.8 Å². The molecule has 5 nitrogen and oxygen atoms in total. The summed E-state index contributed by atoms with van der Waals surface area (Å²) in [4.78, 5) is 24.5. The van der Waals surface area contributed by atoms with Crippen molar-refractivity contribution in [2.45, 2.75) is 64.5 Å². The first kappa shape index (κ1) is 19.7. The number of hydrogen-bond acceptors (Lipinski definition) is 3. The highest BCUT2D eigenvalue weighted by atomic mass is 35.5. The summed E-state index contributed by atoms with van der Waals surface area (Å²) < 4.78 is 0. The number of hydrogen-bond donors (Lipinski definition) is 3. The third kappa shape index (κ3) is 6.33. The van der Waals surface area contributed by atoms with Gasteiger partial charge in [0.15, 0.2) is 0 Å². The van der Waals surface area contributed by atoms with Crippen LogP contribution >= 0.6 is 11.6 Å². The Morgan fingerprint density at radius 3 is 2.64 bits per heavy atom. The Bertz CT molecular complexity index is 600. The highest BCUT2D eigenvalue weighted by Crippen LogP contribution is 2.22. The molecule has 1 aromatic carbocycles. The van der Waals surface area contributed by atoms with Gasteiger partial charge < -0.3 is 16.0 Å². The molecule has 2 amide bonds. The first-order valence-corrected chi connectivity index (χ1v) is 9.51. The monoisotopic (exact) mass is 365 g/mol.